The number of hydrogen-bond acceptors (Lipinski definition) is 3. The summed E-state index contributed by atoms with van der Waals surface area (Å²) in [5.41, 5.74) is -0.488. The molecule has 0 spiro atoms. The number of carboxylic acids is 1. The van der Waals surface area contributed by atoms with Crippen LogP contribution in [0.4, 0.5) is 0 Å². The van der Waals surface area contributed by atoms with Crippen molar-refractivity contribution in [3.63, 3.8) is 0 Å². The van der Waals surface area contributed by atoms with Crippen molar-refractivity contribution in [1.82, 2.24) is 5.32 Å². The van der Waals surface area contributed by atoms with Gasteiger partial charge in [-0.15, -0.1) is 0 Å². The number of carbonyl (C=O) groups excluding carboxylic acids is 1. The Balaban J connectivity index is 1.77. The highest BCUT2D eigenvalue weighted by Gasteiger charge is 2.37. The molecule has 2 aliphatic rings. The molecule has 2 fully saturated rings. The van der Waals surface area contributed by atoms with Gasteiger partial charge in [-0.3, -0.25) is 9.59 Å². The van der Waals surface area contributed by atoms with E-state index in [2.05, 4.69) is 5.32 Å². The van der Waals surface area contributed by atoms with Crippen molar-refractivity contribution in [2.24, 2.45) is 5.92 Å². The SMILES string of the molecule is O=C(O)CC1(NC(=O)CCC2CCOCC2)CCCC1. The van der Waals surface area contributed by atoms with E-state index in [1.54, 1.807) is 0 Å². The highest BCUT2D eigenvalue weighted by atomic mass is 16.5. The summed E-state index contributed by atoms with van der Waals surface area (Å²) in [4.78, 5) is 23.1. The first-order valence-corrected chi connectivity index (χ1v) is 7.70. The zero-order valence-corrected chi connectivity index (χ0v) is 12.0. The summed E-state index contributed by atoms with van der Waals surface area (Å²) in [5, 5.41) is 12.0. The van der Waals surface area contributed by atoms with E-state index in [1.807, 2.05) is 0 Å². The van der Waals surface area contributed by atoms with Crippen LogP contribution in [0.3, 0.4) is 0 Å². The molecule has 0 unspecified atom stereocenters. The van der Waals surface area contributed by atoms with Crippen molar-refractivity contribution in [3.05, 3.63) is 0 Å². The van der Waals surface area contributed by atoms with Crippen LogP contribution in [0.1, 0.15) is 57.8 Å². The molecular weight excluding hydrogens is 258 g/mol. The number of hydrogen-bond donors (Lipinski definition) is 2. The maximum absolute atomic E-state index is 12.1. The van der Waals surface area contributed by atoms with Gasteiger partial charge in [-0.2, -0.15) is 0 Å². The summed E-state index contributed by atoms with van der Waals surface area (Å²) in [7, 11) is 0. The van der Waals surface area contributed by atoms with Crippen LogP contribution < -0.4 is 5.32 Å². The molecule has 0 aromatic carbocycles. The molecule has 0 aromatic rings. The molecule has 114 valence electrons. The number of ether oxygens (including phenoxy) is 1. The second kappa shape index (κ2) is 7.07. The molecule has 1 amide bonds. The summed E-state index contributed by atoms with van der Waals surface area (Å²) in [6.45, 7) is 1.60. The Hall–Kier alpha value is -1.10. The molecule has 1 saturated carbocycles. The first kappa shape index (κ1) is 15.3. The highest BCUT2D eigenvalue weighted by molar-refractivity contribution is 5.78. The Bertz CT molecular complexity index is 344. The lowest BCUT2D eigenvalue weighted by Gasteiger charge is -2.29. The number of rotatable bonds is 6. The van der Waals surface area contributed by atoms with Gasteiger partial charge in [0.15, 0.2) is 0 Å². The molecule has 2 N–H and O–H groups in total. The van der Waals surface area contributed by atoms with Crippen LogP contribution >= 0.6 is 0 Å². The molecule has 0 bridgehead atoms. The van der Waals surface area contributed by atoms with Crippen molar-refractivity contribution >= 4 is 11.9 Å². The third-order valence-electron chi connectivity index (χ3n) is 4.58. The molecule has 1 heterocycles. The van der Waals surface area contributed by atoms with Gasteiger partial charge in [0.05, 0.1) is 12.0 Å². The van der Waals surface area contributed by atoms with Gasteiger partial charge >= 0.3 is 5.97 Å². The van der Waals surface area contributed by atoms with Crippen molar-refractivity contribution in [1.29, 1.82) is 0 Å². The first-order valence-electron chi connectivity index (χ1n) is 7.70. The van der Waals surface area contributed by atoms with E-state index < -0.39 is 11.5 Å². The lowest BCUT2D eigenvalue weighted by molar-refractivity contribution is -0.139. The van der Waals surface area contributed by atoms with Crippen molar-refractivity contribution < 1.29 is 19.4 Å². The maximum Gasteiger partial charge on any atom is 0.305 e. The van der Waals surface area contributed by atoms with Crippen LogP contribution in [0.5, 0.6) is 0 Å². The Morgan fingerprint density at radius 1 is 1.20 bits per heavy atom. The molecule has 0 atom stereocenters. The minimum atomic E-state index is -0.823. The van der Waals surface area contributed by atoms with Gasteiger partial charge in [-0.05, 0) is 38.0 Å². The number of carbonyl (C=O) groups is 2. The second-order valence-electron chi connectivity index (χ2n) is 6.20. The Morgan fingerprint density at radius 2 is 1.85 bits per heavy atom. The molecule has 1 aliphatic heterocycles. The summed E-state index contributed by atoms with van der Waals surface area (Å²) < 4.78 is 5.31. The molecule has 0 aromatic heterocycles. The molecular formula is C15H25NO4. The van der Waals surface area contributed by atoms with Gasteiger partial charge in [-0.1, -0.05) is 12.8 Å². The van der Waals surface area contributed by atoms with Crippen LogP contribution in [-0.2, 0) is 14.3 Å². The van der Waals surface area contributed by atoms with E-state index >= 15 is 0 Å². The van der Waals surface area contributed by atoms with E-state index in [1.165, 1.54) is 0 Å². The Kier molecular flexibility index (Phi) is 5.40. The average Bonchev–Trinajstić information content (AvgIpc) is 2.85. The van der Waals surface area contributed by atoms with Crippen LogP contribution in [-0.4, -0.2) is 35.7 Å². The number of aliphatic carboxylic acids is 1. The Morgan fingerprint density at radius 3 is 2.45 bits per heavy atom. The minimum Gasteiger partial charge on any atom is -0.481 e. The smallest absolute Gasteiger partial charge is 0.305 e. The average molecular weight is 283 g/mol. The van der Waals surface area contributed by atoms with Gasteiger partial charge in [-0.25, -0.2) is 0 Å². The molecule has 1 aliphatic carbocycles. The number of carboxylic acid groups (broad SMARTS) is 1. The van der Waals surface area contributed by atoms with Gasteiger partial charge in [0.2, 0.25) is 5.91 Å². The third kappa shape index (κ3) is 4.47. The first-order chi connectivity index (χ1) is 9.60. The summed E-state index contributed by atoms with van der Waals surface area (Å²) in [6, 6.07) is 0. The minimum absolute atomic E-state index is 0.0136. The lowest BCUT2D eigenvalue weighted by atomic mass is 9.91. The van der Waals surface area contributed by atoms with Crippen LogP contribution in [0.2, 0.25) is 0 Å². The Labute approximate surface area is 120 Å². The molecule has 0 radical (unpaired) electrons. The van der Waals surface area contributed by atoms with Gasteiger partial charge in [0, 0.05) is 19.6 Å². The van der Waals surface area contributed by atoms with Gasteiger partial charge in [0.1, 0.15) is 0 Å². The second-order valence-corrected chi connectivity index (χ2v) is 6.20. The molecule has 5 nitrogen and oxygen atoms in total. The van der Waals surface area contributed by atoms with Crippen molar-refractivity contribution in [3.8, 4) is 0 Å². The summed E-state index contributed by atoms with van der Waals surface area (Å²) in [6.07, 6.45) is 7.12. The quantitative estimate of drug-likeness (QED) is 0.782. The van der Waals surface area contributed by atoms with E-state index in [9.17, 15) is 9.59 Å². The fourth-order valence-corrected chi connectivity index (χ4v) is 3.42. The molecule has 2 rings (SSSR count). The third-order valence-corrected chi connectivity index (χ3v) is 4.58. The monoisotopic (exact) mass is 283 g/mol. The van der Waals surface area contributed by atoms with Crippen molar-refractivity contribution in [2.45, 2.75) is 63.3 Å². The highest BCUT2D eigenvalue weighted by Crippen LogP contribution is 2.33. The summed E-state index contributed by atoms with van der Waals surface area (Å²) in [5.74, 6) is -0.232. The molecule has 1 saturated heterocycles. The predicted molar refractivity (Wildman–Crippen MR) is 74.4 cm³/mol. The van der Waals surface area contributed by atoms with Crippen LogP contribution in [0, 0.1) is 5.92 Å². The van der Waals surface area contributed by atoms with Crippen LogP contribution in [0.15, 0.2) is 0 Å². The standard InChI is InChI=1S/C15H25NO4/c17-13(4-3-12-5-9-20-10-6-12)16-15(11-14(18)19)7-1-2-8-15/h12H,1-11H2,(H,16,17)(H,18,19). The summed E-state index contributed by atoms with van der Waals surface area (Å²) >= 11 is 0. The predicted octanol–water partition coefficient (Wildman–Crippen LogP) is 2.10. The zero-order chi connectivity index (χ0) is 14.4. The number of nitrogens with one attached hydrogen (secondary N) is 1. The van der Waals surface area contributed by atoms with Gasteiger partial charge in [0.25, 0.3) is 0 Å². The van der Waals surface area contributed by atoms with E-state index in [4.69, 9.17) is 9.84 Å². The molecule has 20 heavy (non-hydrogen) atoms. The maximum atomic E-state index is 12.1. The lowest BCUT2D eigenvalue weighted by Crippen LogP contribution is -2.47. The van der Waals surface area contributed by atoms with Crippen molar-refractivity contribution in [2.75, 3.05) is 13.2 Å². The van der Waals surface area contributed by atoms with E-state index in [0.717, 1.165) is 58.2 Å². The zero-order valence-electron chi connectivity index (χ0n) is 12.0. The van der Waals surface area contributed by atoms with Gasteiger partial charge < -0.3 is 15.2 Å². The molecule has 5 heteroatoms. The number of amides is 1. The normalized spacial score (nSPS) is 22.6. The van der Waals surface area contributed by atoms with Crippen LogP contribution in [0.25, 0.3) is 0 Å². The van der Waals surface area contributed by atoms with E-state index in [0.29, 0.717) is 12.3 Å². The largest absolute Gasteiger partial charge is 0.481 e. The fourth-order valence-electron chi connectivity index (χ4n) is 3.42. The fraction of sp³-hybridized carbons (Fsp3) is 0.867. The topological polar surface area (TPSA) is 75.6 Å². The van der Waals surface area contributed by atoms with E-state index in [-0.39, 0.29) is 12.3 Å².